The van der Waals surface area contributed by atoms with Crippen LogP contribution in [-0.4, -0.2) is 37.7 Å². The van der Waals surface area contributed by atoms with Gasteiger partial charge in [0.25, 0.3) is 10.2 Å². The lowest BCUT2D eigenvalue weighted by molar-refractivity contribution is 0.402. The molecule has 0 spiro atoms. The smallest absolute Gasteiger partial charge is 0.202 e. The average molecular weight is 301 g/mol. The van der Waals surface area contributed by atoms with Gasteiger partial charge in [-0.3, -0.25) is 0 Å². The molecule has 1 N–H and O–H groups in total. The first-order chi connectivity index (χ1) is 6.91. The van der Waals surface area contributed by atoms with Crippen molar-refractivity contribution in [1.29, 1.82) is 0 Å². The molecule has 0 aromatic heterocycles. The number of halogens is 1. The zero-order chi connectivity index (χ0) is 11.9. The lowest BCUT2D eigenvalue weighted by Crippen LogP contribution is -2.42. The molecule has 0 aromatic carbocycles. The van der Waals surface area contributed by atoms with Crippen molar-refractivity contribution >= 4 is 26.1 Å². The van der Waals surface area contributed by atoms with E-state index in [1.165, 1.54) is 4.31 Å². The molecule has 0 atom stereocenters. The minimum Gasteiger partial charge on any atom is -0.202 e. The van der Waals surface area contributed by atoms with Gasteiger partial charge < -0.3 is 0 Å². The summed E-state index contributed by atoms with van der Waals surface area (Å²) in [6.45, 7) is 4.22. The second-order valence-electron chi connectivity index (χ2n) is 3.76. The summed E-state index contributed by atoms with van der Waals surface area (Å²) in [7, 11) is -1.69. The Kier molecular flexibility index (Phi) is 7.77. The molecular formula is C9H21BrN2O2S. The summed E-state index contributed by atoms with van der Waals surface area (Å²) >= 11 is 3.34. The minimum atomic E-state index is -3.28. The van der Waals surface area contributed by atoms with E-state index < -0.39 is 10.2 Å². The van der Waals surface area contributed by atoms with Crippen LogP contribution in [0.3, 0.4) is 0 Å². The molecule has 92 valence electrons. The average Bonchev–Trinajstić information content (AvgIpc) is 2.16. The molecule has 0 amide bonds. The zero-order valence-electron chi connectivity index (χ0n) is 9.66. The van der Waals surface area contributed by atoms with Crippen LogP contribution in [0, 0.1) is 0 Å². The summed E-state index contributed by atoms with van der Waals surface area (Å²) in [4.78, 5) is 0. The van der Waals surface area contributed by atoms with Crippen molar-refractivity contribution in [3.8, 4) is 0 Å². The second-order valence-corrected chi connectivity index (χ2v) is 6.37. The molecule has 0 aliphatic heterocycles. The fourth-order valence-electron chi connectivity index (χ4n) is 0.977. The molecule has 0 bridgehead atoms. The van der Waals surface area contributed by atoms with E-state index in [1.807, 2.05) is 13.8 Å². The van der Waals surface area contributed by atoms with Crippen LogP contribution in [0.4, 0.5) is 0 Å². The quantitative estimate of drug-likeness (QED) is 0.548. The van der Waals surface area contributed by atoms with Gasteiger partial charge in [-0.15, -0.1) is 0 Å². The number of alkyl halides is 1. The van der Waals surface area contributed by atoms with E-state index in [0.29, 0.717) is 6.54 Å². The normalized spacial score (nSPS) is 12.7. The van der Waals surface area contributed by atoms with Gasteiger partial charge in [-0.25, -0.2) is 4.72 Å². The van der Waals surface area contributed by atoms with Gasteiger partial charge in [0.05, 0.1) is 0 Å². The third-order valence-electron chi connectivity index (χ3n) is 2.20. The molecule has 0 aliphatic carbocycles. The Bertz CT molecular complexity index is 255. The van der Waals surface area contributed by atoms with Crippen molar-refractivity contribution in [2.24, 2.45) is 0 Å². The standard InChI is InChI=1S/C9H21BrN2O2S/c1-9(2)12(3)15(13,14)11-8-6-4-5-7-10/h9,11H,4-8H2,1-3H3. The van der Waals surface area contributed by atoms with Crippen molar-refractivity contribution in [2.75, 3.05) is 18.9 Å². The Balaban J connectivity index is 3.85. The summed E-state index contributed by atoms with van der Waals surface area (Å²) in [5.41, 5.74) is 0. The predicted octanol–water partition coefficient (Wildman–Crippen LogP) is 1.73. The largest absolute Gasteiger partial charge is 0.279 e. The van der Waals surface area contributed by atoms with Gasteiger partial charge in [0.15, 0.2) is 0 Å². The van der Waals surface area contributed by atoms with Crippen LogP contribution in [0.2, 0.25) is 0 Å². The van der Waals surface area contributed by atoms with E-state index in [9.17, 15) is 8.42 Å². The second kappa shape index (κ2) is 7.60. The third kappa shape index (κ3) is 6.50. The topological polar surface area (TPSA) is 49.4 Å². The first-order valence-electron chi connectivity index (χ1n) is 5.20. The molecule has 0 aromatic rings. The zero-order valence-corrected chi connectivity index (χ0v) is 12.1. The summed E-state index contributed by atoms with van der Waals surface area (Å²) in [6.07, 6.45) is 3.01. The van der Waals surface area contributed by atoms with Crippen molar-refractivity contribution in [1.82, 2.24) is 9.03 Å². The molecule has 0 aliphatic rings. The monoisotopic (exact) mass is 300 g/mol. The van der Waals surface area contributed by atoms with Gasteiger partial charge in [-0.05, 0) is 26.7 Å². The number of nitrogens with zero attached hydrogens (tertiary/aromatic N) is 1. The van der Waals surface area contributed by atoms with E-state index in [0.717, 1.165) is 24.6 Å². The summed E-state index contributed by atoms with van der Waals surface area (Å²) in [6, 6.07) is -0.00922. The SMILES string of the molecule is CC(C)N(C)S(=O)(=O)NCCCCCBr. The molecule has 0 unspecified atom stereocenters. The lowest BCUT2D eigenvalue weighted by Gasteiger charge is -2.21. The van der Waals surface area contributed by atoms with E-state index in [-0.39, 0.29) is 6.04 Å². The van der Waals surface area contributed by atoms with Crippen molar-refractivity contribution in [3.63, 3.8) is 0 Å². The van der Waals surface area contributed by atoms with Crippen molar-refractivity contribution < 1.29 is 8.42 Å². The van der Waals surface area contributed by atoms with Crippen LogP contribution in [0.1, 0.15) is 33.1 Å². The molecule has 0 saturated heterocycles. The van der Waals surface area contributed by atoms with Gasteiger partial charge in [-0.2, -0.15) is 12.7 Å². The highest BCUT2D eigenvalue weighted by molar-refractivity contribution is 9.09. The fourth-order valence-corrected chi connectivity index (χ4v) is 2.53. The molecule has 6 heteroatoms. The predicted molar refractivity (Wildman–Crippen MR) is 67.5 cm³/mol. The van der Waals surface area contributed by atoms with Gasteiger partial charge in [-0.1, -0.05) is 22.4 Å². The molecule has 0 rings (SSSR count). The molecular weight excluding hydrogens is 280 g/mol. The highest BCUT2D eigenvalue weighted by Crippen LogP contribution is 2.02. The van der Waals surface area contributed by atoms with Gasteiger partial charge >= 0.3 is 0 Å². The number of rotatable bonds is 8. The Morgan fingerprint density at radius 3 is 2.33 bits per heavy atom. The molecule has 0 heterocycles. The third-order valence-corrected chi connectivity index (χ3v) is 4.51. The van der Waals surface area contributed by atoms with Crippen LogP contribution >= 0.6 is 15.9 Å². The van der Waals surface area contributed by atoms with E-state index in [4.69, 9.17) is 0 Å². The minimum absolute atomic E-state index is 0.00922. The van der Waals surface area contributed by atoms with Gasteiger partial charge in [0, 0.05) is 25.0 Å². The maximum absolute atomic E-state index is 11.6. The molecule has 0 radical (unpaired) electrons. The maximum atomic E-state index is 11.6. The summed E-state index contributed by atoms with van der Waals surface area (Å²) < 4.78 is 27.1. The van der Waals surface area contributed by atoms with E-state index in [1.54, 1.807) is 7.05 Å². The van der Waals surface area contributed by atoms with E-state index >= 15 is 0 Å². The van der Waals surface area contributed by atoms with E-state index in [2.05, 4.69) is 20.7 Å². The molecule has 15 heavy (non-hydrogen) atoms. The number of nitrogens with one attached hydrogen (secondary N) is 1. The summed E-state index contributed by atoms with van der Waals surface area (Å²) in [5, 5.41) is 0.978. The highest BCUT2D eigenvalue weighted by atomic mass is 79.9. The van der Waals surface area contributed by atoms with Crippen LogP contribution in [0.5, 0.6) is 0 Å². The van der Waals surface area contributed by atoms with Crippen molar-refractivity contribution in [2.45, 2.75) is 39.2 Å². The Labute approximate surface area is 102 Å². The van der Waals surface area contributed by atoms with Crippen LogP contribution in [0.15, 0.2) is 0 Å². The highest BCUT2D eigenvalue weighted by Gasteiger charge is 2.18. The Hall–Kier alpha value is 0.350. The van der Waals surface area contributed by atoms with Crippen LogP contribution < -0.4 is 4.72 Å². The van der Waals surface area contributed by atoms with Gasteiger partial charge in [0.2, 0.25) is 0 Å². The molecule has 4 nitrogen and oxygen atoms in total. The summed E-state index contributed by atoms with van der Waals surface area (Å²) in [5.74, 6) is 0. The lowest BCUT2D eigenvalue weighted by atomic mass is 10.3. The maximum Gasteiger partial charge on any atom is 0.279 e. The fraction of sp³-hybridized carbons (Fsp3) is 1.00. The first kappa shape index (κ1) is 15.3. The molecule has 0 saturated carbocycles. The number of unbranched alkanes of at least 4 members (excludes halogenated alkanes) is 2. The Morgan fingerprint density at radius 2 is 1.87 bits per heavy atom. The number of hydrogen-bond donors (Lipinski definition) is 1. The van der Waals surface area contributed by atoms with Gasteiger partial charge in [0.1, 0.15) is 0 Å². The number of hydrogen-bond acceptors (Lipinski definition) is 2. The van der Waals surface area contributed by atoms with Crippen LogP contribution in [0.25, 0.3) is 0 Å². The van der Waals surface area contributed by atoms with Crippen LogP contribution in [-0.2, 0) is 10.2 Å². The van der Waals surface area contributed by atoms with Crippen molar-refractivity contribution in [3.05, 3.63) is 0 Å². The first-order valence-corrected chi connectivity index (χ1v) is 7.76. The molecule has 0 fully saturated rings. The Morgan fingerprint density at radius 1 is 1.27 bits per heavy atom.